The predicted molar refractivity (Wildman–Crippen MR) is 67.4 cm³/mol. The molecule has 1 rings (SSSR count). The first kappa shape index (κ1) is 17.0. The van der Waals surface area contributed by atoms with Crippen molar-refractivity contribution in [2.45, 2.75) is 0 Å². The van der Waals surface area contributed by atoms with Crippen LogP contribution in [0.2, 0.25) is 0 Å². The topological polar surface area (TPSA) is 131 Å². The Bertz CT molecular complexity index is 585. The third-order valence-corrected chi connectivity index (χ3v) is 2.51. The molecule has 22 heavy (non-hydrogen) atoms. The lowest BCUT2D eigenvalue weighted by Crippen LogP contribution is -2.25. The maximum absolute atomic E-state index is 11.9. The minimum Gasteiger partial charge on any atom is -0.465 e. The second kappa shape index (κ2) is 7.11. The van der Waals surface area contributed by atoms with Gasteiger partial charge in [0.2, 0.25) is 0 Å². The zero-order valence-electron chi connectivity index (χ0n) is 12.2. The minimum absolute atomic E-state index is 0.595. The standard InChI is InChI=1S/C12H12N2O8/c1-19-9(15)5-6(10(16)20-2)8(12(18)22-4)14-13-7(5)11(17)21-3/h1-4H3. The van der Waals surface area contributed by atoms with Crippen molar-refractivity contribution in [3.8, 4) is 0 Å². The predicted octanol–water partition coefficient (Wildman–Crippen LogP) is -0.377. The van der Waals surface area contributed by atoms with Crippen LogP contribution in [0.1, 0.15) is 41.7 Å². The molecular weight excluding hydrogens is 300 g/mol. The van der Waals surface area contributed by atoms with E-state index in [1.54, 1.807) is 0 Å². The first-order valence-corrected chi connectivity index (χ1v) is 5.66. The summed E-state index contributed by atoms with van der Waals surface area (Å²) in [6, 6.07) is 0. The lowest BCUT2D eigenvalue weighted by atomic mass is 10.0. The van der Waals surface area contributed by atoms with Gasteiger partial charge < -0.3 is 18.9 Å². The molecule has 0 saturated carbocycles. The molecule has 0 saturated heterocycles. The molecule has 0 atom stereocenters. The van der Waals surface area contributed by atoms with E-state index >= 15 is 0 Å². The fourth-order valence-electron chi connectivity index (χ4n) is 1.52. The first-order valence-electron chi connectivity index (χ1n) is 5.66. The second-order valence-corrected chi connectivity index (χ2v) is 3.61. The van der Waals surface area contributed by atoms with E-state index in [2.05, 4.69) is 29.1 Å². The van der Waals surface area contributed by atoms with Crippen molar-refractivity contribution < 1.29 is 38.1 Å². The van der Waals surface area contributed by atoms with Crippen molar-refractivity contribution in [2.75, 3.05) is 28.4 Å². The van der Waals surface area contributed by atoms with E-state index in [9.17, 15) is 19.2 Å². The Morgan fingerprint density at radius 3 is 1.09 bits per heavy atom. The molecule has 0 bridgehead atoms. The Balaban J connectivity index is 3.81. The van der Waals surface area contributed by atoms with E-state index in [1.165, 1.54) is 0 Å². The summed E-state index contributed by atoms with van der Waals surface area (Å²) < 4.78 is 17.9. The third-order valence-electron chi connectivity index (χ3n) is 2.51. The quantitative estimate of drug-likeness (QED) is 0.535. The summed E-state index contributed by atoms with van der Waals surface area (Å²) in [5, 5.41) is 6.86. The maximum Gasteiger partial charge on any atom is 0.359 e. The molecule has 0 spiro atoms. The normalized spacial score (nSPS) is 9.64. The van der Waals surface area contributed by atoms with Gasteiger partial charge in [-0.25, -0.2) is 19.2 Å². The molecule has 118 valence electrons. The van der Waals surface area contributed by atoms with Crippen LogP contribution < -0.4 is 0 Å². The molecule has 0 radical (unpaired) electrons. The second-order valence-electron chi connectivity index (χ2n) is 3.61. The van der Waals surface area contributed by atoms with Gasteiger partial charge in [0.25, 0.3) is 0 Å². The van der Waals surface area contributed by atoms with Crippen LogP contribution in [0.25, 0.3) is 0 Å². The van der Waals surface area contributed by atoms with Gasteiger partial charge in [0.05, 0.1) is 28.4 Å². The van der Waals surface area contributed by atoms with Gasteiger partial charge in [-0.05, 0) is 0 Å². The number of carbonyl (C=O) groups excluding carboxylic acids is 4. The summed E-state index contributed by atoms with van der Waals surface area (Å²) in [4.78, 5) is 47.1. The van der Waals surface area contributed by atoms with Crippen molar-refractivity contribution in [1.82, 2.24) is 10.2 Å². The molecule has 0 fully saturated rings. The van der Waals surface area contributed by atoms with E-state index in [-0.39, 0.29) is 0 Å². The van der Waals surface area contributed by atoms with Crippen LogP contribution in [-0.2, 0) is 18.9 Å². The number of methoxy groups -OCH3 is 4. The Hall–Kier alpha value is -3.04. The molecule has 0 aliphatic heterocycles. The summed E-state index contributed by atoms with van der Waals surface area (Å²) in [7, 11) is 4.11. The van der Waals surface area contributed by atoms with Crippen molar-refractivity contribution in [1.29, 1.82) is 0 Å². The van der Waals surface area contributed by atoms with Gasteiger partial charge in [-0.1, -0.05) is 0 Å². The fraction of sp³-hybridized carbons (Fsp3) is 0.333. The van der Waals surface area contributed by atoms with Gasteiger partial charge in [0, 0.05) is 0 Å². The lowest BCUT2D eigenvalue weighted by molar-refractivity contribution is 0.0511. The maximum atomic E-state index is 11.9. The largest absolute Gasteiger partial charge is 0.465 e. The number of ether oxygens (including phenoxy) is 4. The molecule has 10 heteroatoms. The molecule has 0 aliphatic rings. The zero-order chi connectivity index (χ0) is 16.9. The highest BCUT2D eigenvalue weighted by atomic mass is 16.5. The molecule has 1 aromatic rings. The van der Waals surface area contributed by atoms with Crippen LogP contribution in [0.15, 0.2) is 0 Å². The highest BCUT2D eigenvalue weighted by molar-refractivity contribution is 6.13. The monoisotopic (exact) mass is 312 g/mol. The molecule has 0 unspecified atom stereocenters. The Kier molecular flexibility index (Phi) is 5.50. The van der Waals surface area contributed by atoms with Gasteiger partial charge in [-0.15, -0.1) is 10.2 Å². The van der Waals surface area contributed by atoms with Crippen LogP contribution in [0, 0.1) is 0 Å². The molecule has 1 heterocycles. The van der Waals surface area contributed by atoms with Crippen molar-refractivity contribution >= 4 is 23.9 Å². The number of hydrogen-bond donors (Lipinski definition) is 0. The van der Waals surface area contributed by atoms with Crippen molar-refractivity contribution in [3.05, 3.63) is 22.5 Å². The smallest absolute Gasteiger partial charge is 0.359 e. The minimum atomic E-state index is -1.10. The van der Waals surface area contributed by atoms with Gasteiger partial charge in [-0.2, -0.15) is 0 Å². The molecule has 0 aliphatic carbocycles. The summed E-state index contributed by atoms with van der Waals surface area (Å²) in [6.45, 7) is 0. The highest BCUT2D eigenvalue weighted by Crippen LogP contribution is 2.19. The van der Waals surface area contributed by atoms with E-state index < -0.39 is 46.4 Å². The summed E-state index contributed by atoms with van der Waals surface area (Å²) in [5.74, 6) is -4.29. The molecule has 1 aromatic heterocycles. The van der Waals surface area contributed by atoms with E-state index in [4.69, 9.17) is 0 Å². The van der Waals surface area contributed by atoms with Crippen molar-refractivity contribution in [2.24, 2.45) is 0 Å². The summed E-state index contributed by atoms with van der Waals surface area (Å²) in [5.41, 5.74) is -2.39. The SMILES string of the molecule is COC(=O)c1nnc(C(=O)OC)c(C(=O)OC)c1C(=O)OC. The number of esters is 4. The highest BCUT2D eigenvalue weighted by Gasteiger charge is 2.34. The molecule has 10 nitrogen and oxygen atoms in total. The Morgan fingerprint density at radius 2 is 0.864 bits per heavy atom. The summed E-state index contributed by atoms with van der Waals surface area (Å²) >= 11 is 0. The van der Waals surface area contributed by atoms with Crippen molar-refractivity contribution in [3.63, 3.8) is 0 Å². The van der Waals surface area contributed by atoms with Gasteiger partial charge in [-0.3, -0.25) is 0 Å². The third kappa shape index (κ3) is 3.00. The Labute approximate surface area is 124 Å². The summed E-state index contributed by atoms with van der Waals surface area (Å²) in [6.07, 6.45) is 0. The van der Waals surface area contributed by atoms with Crippen LogP contribution in [0.3, 0.4) is 0 Å². The van der Waals surface area contributed by atoms with Crippen LogP contribution >= 0.6 is 0 Å². The van der Waals surface area contributed by atoms with Gasteiger partial charge in [0.1, 0.15) is 11.1 Å². The van der Waals surface area contributed by atoms with E-state index in [1.807, 2.05) is 0 Å². The van der Waals surface area contributed by atoms with Gasteiger partial charge >= 0.3 is 23.9 Å². The fourth-order valence-corrected chi connectivity index (χ4v) is 1.52. The van der Waals surface area contributed by atoms with E-state index in [0.29, 0.717) is 0 Å². The average Bonchev–Trinajstić information content (AvgIpc) is 2.57. The molecule has 0 aromatic carbocycles. The number of aromatic nitrogens is 2. The molecule has 0 amide bonds. The number of nitrogens with zero attached hydrogens (tertiary/aromatic N) is 2. The number of carbonyl (C=O) groups is 4. The Morgan fingerprint density at radius 1 is 0.591 bits per heavy atom. The molecular formula is C12H12N2O8. The number of rotatable bonds is 4. The van der Waals surface area contributed by atoms with Crippen LogP contribution in [-0.4, -0.2) is 62.5 Å². The molecule has 0 N–H and O–H groups in total. The average molecular weight is 312 g/mol. The lowest BCUT2D eigenvalue weighted by Gasteiger charge is -2.11. The first-order chi connectivity index (χ1) is 10.4. The van der Waals surface area contributed by atoms with Crippen LogP contribution in [0.4, 0.5) is 0 Å². The zero-order valence-corrected chi connectivity index (χ0v) is 12.2. The van der Waals surface area contributed by atoms with Gasteiger partial charge in [0.15, 0.2) is 11.4 Å². The van der Waals surface area contributed by atoms with E-state index in [0.717, 1.165) is 28.4 Å². The van der Waals surface area contributed by atoms with Crippen LogP contribution in [0.5, 0.6) is 0 Å². The number of hydrogen-bond acceptors (Lipinski definition) is 10.